The summed E-state index contributed by atoms with van der Waals surface area (Å²) in [5.74, 6) is -0.754. The van der Waals surface area contributed by atoms with E-state index in [1.54, 1.807) is 23.3 Å². The Morgan fingerprint density at radius 2 is 0.935 bits per heavy atom. The fraction of sp³-hybridized carbons (Fsp3) is 0.761. The summed E-state index contributed by atoms with van der Waals surface area (Å²) in [5.41, 5.74) is -4.61. The Hall–Kier alpha value is -4.31. The number of carboxylic acid groups (broad SMARTS) is 2. The van der Waals surface area contributed by atoms with Crippen LogP contribution in [0.4, 0.5) is 0 Å². The topological polar surface area (TPSA) is 254 Å². The first-order chi connectivity index (χ1) is 29.3. The largest absolute Gasteiger partial charge is 0.481 e. The zero-order valence-electron chi connectivity index (χ0n) is 35.6. The molecule has 0 aliphatic heterocycles. The molecule has 338 valence electrons. The molecular weight excluding hydrogens is 805 g/mol. The van der Waals surface area contributed by atoms with E-state index in [0.717, 1.165) is 57.8 Å². The summed E-state index contributed by atoms with van der Waals surface area (Å²) in [7, 11) is 0. The molecule has 12 aliphatic rings. The van der Waals surface area contributed by atoms with Gasteiger partial charge in [0.25, 0.3) is 0 Å². The van der Waals surface area contributed by atoms with Gasteiger partial charge in [-0.05, 0) is 128 Å². The summed E-state index contributed by atoms with van der Waals surface area (Å²) in [4.78, 5) is 102. The SMILES string of the molecule is CC(CO)(CO)C(=O)O.CC(COC(=O)C12CC3CC(C1)C(=O)C(C3)C2)(COC(=O)C12CC3CC(C1)C(=O)C(C3)C2)C(=O)O.O=C1C2CC3CC1CC(C(=O)n1ccnc1)(C3)C2. The van der Waals surface area contributed by atoms with E-state index in [9.17, 15) is 43.5 Å². The lowest BCUT2D eigenvalue weighted by Gasteiger charge is -2.54. The van der Waals surface area contributed by atoms with Gasteiger partial charge in [0.05, 0.1) is 29.5 Å². The number of hydrogen-bond donors (Lipinski definition) is 4. The summed E-state index contributed by atoms with van der Waals surface area (Å²) < 4.78 is 12.8. The summed E-state index contributed by atoms with van der Waals surface area (Å²) in [5, 5.41) is 35.1. The van der Waals surface area contributed by atoms with Gasteiger partial charge >= 0.3 is 23.9 Å². The highest BCUT2D eigenvalue weighted by Crippen LogP contribution is 2.61. The fourth-order valence-electron chi connectivity index (χ4n) is 13.8. The lowest BCUT2D eigenvalue weighted by Crippen LogP contribution is -2.56. The molecule has 12 saturated carbocycles. The number of Topliss-reactive ketones (excluding diaryl/α,β-unsaturated/α-hetero) is 3. The second-order valence-corrected chi connectivity index (χ2v) is 21.6. The molecular formula is C46H60N2O14. The van der Waals surface area contributed by atoms with Crippen LogP contribution in [-0.2, 0) is 43.0 Å². The van der Waals surface area contributed by atoms with Crippen LogP contribution < -0.4 is 0 Å². The van der Waals surface area contributed by atoms with Crippen LogP contribution in [0.5, 0.6) is 0 Å². The van der Waals surface area contributed by atoms with E-state index in [1.165, 1.54) is 13.8 Å². The molecule has 0 spiro atoms. The Morgan fingerprint density at radius 1 is 0.597 bits per heavy atom. The quantitative estimate of drug-likeness (QED) is 0.230. The van der Waals surface area contributed by atoms with Crippen LogP contribution >= 0.6 is 0 Å². The average molecular weight is 865 g/mol. The number of imidazole rings is 1. The van der Waals surface area contributed by atoms with Crippen molar-refractivity contribution in [1.29, 1.82) is 0 Å². The number of carboxylic acids is 2. The minimum absolute atomic E-state index is 0.0761. The number of aliphatic hydroxyl groups excluding tert-OH is 2. The van der Waals surface area contributed by atoms with Crippen LogP contribution in [0.1, 0.15) is 115 Å². The monoisotopic (exact) mass is 864 g/mol. The van der Waals surface area contributed by atoms with Gasteiger partial charge < -0.3 is 29.9 Å². The molecule has 12 aliphatic carbocycles. The van der Waals surface area contributed by atoms with E-state index < -0.39 is 58.8 Å². The van der Waals surface area contributed by atoms with Crippen LogP contribution in [-0.4, -0.2) is 104 Å². The number of carbonyl (C=O) groups excluding carboxylic acids is 6. The number of hydrogen-bond acceptors (Lipinski definition) is 13. The molecule has 6 unspecified atom stereocenters. The first kappa shape index (κ1) is 44.3. The molecule has 1 heterocycles. The molecule has 6 atom stereocenters. The number of aromatic nitrogens is 2. The number of aliphatic hydroxyl groups is 2. The molecule has 12 fully saturated rings. The molecule has 62 heavy (non-hydrogen) atoms. The van der Waals surface area contributed by atoms with Gasteiger partial charge in [-0.1, -0.05) is 0 Å². The fourth-order valence-corrected chi connectivity index (χ4v) is 13.8. The van der Waals surface area contributed by atoms with Gasteiger partial charge in [-0.15, -0.1) is 0 Å². The highest BCUT2D eigenvalue weighted by atomic mass is 16.6. The van der Waals surface area contributed by atoms with E-state index in [4.69, 9.17) is 24.8 Å². The van der Waals surface area contributed by atoms with E-state index in [2.05, 4.69) is 4.98 Å². The minimum atomic E-state index is -1.57. The molecule has 0 aromatic carbocycles. The Labute approximate surface area is 359 Å². The van der Waals surface area contributed by atoms with Crippen molar-refractivity contribution in [3.63, 3.8) is 0 Å². The predicted octanol–water partition coefficient (Wildman–Crippen LogP) is 3.94. The summed E-state index contributed by atoms with van der Waals surface area (Å²) in [6.45, 7) is 0.850. The molecule has 16 heteroatoms. The van der Waals surface area contributed by atoms with Crippen LogP contribution in [0, 0.1) is 80.3 Å². The minimum Gasteiger partial charge on any atom is -0.481 e. The van der Waals surface area contributed by atoms with Gasteiger partial charge in [-0.2, -0.15) is 0 Å². The van der Waals surface area contributed by atoms with Crippen molar-refractivity contribution in [3.05, 3.63) is 18.7 Å². The zero-order valence-corrected chi connectivity index (χ0v) is 35.6. The van der Waals surface area contributed by atoms with E-state index in [1.807, 2.05) is 0 Å². The Bertz CT molecular complexity index is 1900. The third-order valence-electron chi connectivity index (χ3n) is 16.8. The smallest absolute Gasteiger partial charge is 0.316 e. The van der Waals surface area contributed by atoms with Gasteiger partial charge in [-0.3, -0.25) is 42.9 Å². The van der Waals surface area contributed by atoms with Crippen molar-refractivity contribution in [3.8, 4) is 0 Å². The first-order valence-corrected chi connectivity index (χ1v) is 22.4. The second-order valence-electron chi connectivity index (χ2n) is 21.6. The maximum Gasteiger partial charge on any atom is 0.316 e. The standard InChI is InChI=1S/C27H34O8.C14H16N2O2.C5H10O4/c1-25(22(30)31,12-34-23(32)26-6-14-2-16(8-26)20(28)17(3-14)9-26)13-35-24(33)27-7-15-4-18(10-27)21(29)19(5-15)11-27;17-12-10-3-9-4-11(12)7-14(5-9,6-10)13(18)16-2-1-15-8-16;1-5(2-6,3-7)4(8)9/h14-19H,2-13H2,1H3,(H,30,31);1-2,8-11H,3-7H2;6-7H,2-3H2,1H3,(H,8,9). The molecule has 4 N–H and O–H groups in total. The van der Waals surface area contributed by atoms with Crippen molar-refractivity contribution in [2.45, 2.75) is 110 Å². The number of ketones is 3. The number of carbonyl (C=O) groups is 8. The summed E-state index contributed by atoms with van der Waals surface area (Å²) >= 11 is 0. The average Bonchev–Trinajstić information content (AvgIpc) is 3.79. The zero-order chi connectivity index (χ0) is 44.6. The van der Waals surface area contributed by atoms with Crippen LogP contribution in [0.25, 0.3) is 0 Å². The molecule has 13 rings (SSSR count). The van der Waals surface area contributed by atoms with Gasteiger partial charge in [0, 0.05) is 47.9 Å². The van der Waals surface area contributed by atoms with Crippen molar-refractivity contribution in [1.82, 2.24) is 9.55 Å². The molecule has 0 amide bonds. The van der Waals surface area contributed by atoms with Crippen molar-refractivity contribution >= 4 is 47.1 Å². The van der Waals surface area contributed by atoms with E-state index in [-0.39, 0.29) is 71.6 Å². The van der Waals surface area contributed by atoms with Gasteiger partial charge in [0.2, 0.25) is 5.91 Å². The molecule has 0 radical (unpaired) electrons. The van der Waals surface area contributed by atoms with Crippen molar-refractivity contribution < 1.29 is 68.3 Å². The third-order valence-corrected chi connectivity index (χ3v) is 16.8. The van der Waals surface area contributed by atoms with Crippen molar-refractivity contribution in [2.24, 2.45) is 80.3 Å². The normalized spacial score (nSPS) is 38.6. The highest BCUT2D eigenvalue weighted by molar-refractivity contribution is 5.93. The number of esters is 2. The Morgan fingerprint density at radius 3 is 1.23 bits per heavy atom. The molecule has 16 nitrogen and oxygen atoms in total. The molecule has 1 aromatic rings. The van der Waals surface area contributed by atoms with Crippen LogP contribution in [0.15, 0.2) is 18.7 Å². The van der Waals surface area contributed by atoms with Crippen LogP contribution in [0.3, 0.4) is 0 Å². The number of rotatable bonds is 11. The van der Waals surface area contributed by atoms with Gasteiger partial charge in [-0.25, -0.2) is 4.98 Å². The van der Waals surface area contributed by atoms with Crippen LogP contribution in [0.2, 0.25) is 0 Å². The summed E-state index contributed by atoms with van der Waals surface area (Å²) in [6.07, 6.45) is 16.3. The Kier molecular flexibility index (Phi) is 11.5. The van der Waals surface area contributed by atoms with Gasteiger partial charge in [0.15, 0.2) is 0 Å². The third kappa shape index (κ3) is 7.64. The number of aliphatic carboxylic acids is 2. The highest BCUT2D eigenvalue weighted by Gasteiger charge is 2.62. The molecule has 12 bridgehead atoms. The predicted molar refractivity (Wildman–Crippen MR) is 213 cm³/mol. The van der Waals surface area contributed by atoms with E-state index >= 15 is 0 Å². The lowest BCUT2D eigenvalue weighted by atomic mass is 9.49. The Balaban J connectivity index is 0.000000162. The molecule has 0 saturated heterocycles. The number of ether oxygens (including phenoxy) is 2. The van der Waals surface area contributed by atoms with Crippen molar-refractivity contribution in [2.75, 3.05) is 26.4 Å². The second kappa shape index (κ2) is 16.0. The lowest BCUT2D eigenvalue weighted by molar-refractivity contribution is -0.185. The number of nitrogens with zero attached hydrogens (tertiary/aromatic N) is 2. The van der Waals surface area contributed by atoms with E-state index in [0.29, 0.717) is 62.1 Å². The van der Waals surface area contributed by atoms with Gasteiger partial charge in [0.1, 0.15) is 47.7 Å². The summed E-state index contributed by atoms with van der Waals surface area (Å²) in [6, 6.07) is 0. The molecule has 1 aromatic heterocycles. The maximum atomic E-state index is 13.2. The maximum absolute atomic E-state index is 13.2. The first-order valence-electron chi connectivity index (χ1n) is 22.4.